The standard InChI is InChI=1S/C13H16ClNO3/c1-17-12-7-8(14)6-10(11(16)4-5-15)13(12)18-9-2-3-9/h6-7,9H,2-5,15H2,1H3. The fourth-order valence-corrected chi connectivity index (χ4v) is 1.88. The summed E-state index contributed by atoms with van der Waals surface area (Å²) in [5.41, 5.74) is 5.87. The summed E-state index contributed by atoms with van der Waals surface area (Å²) in [6.45, 7) is 0.302. The van der Waals surface area contributed by atoms with E-state index in [0.717, 1.165) is 12.8 Å². The minimum absolute atomic E-state index is 0.0750. The molecule has 98 valence electrons. The van der Waals surface area contributed by atoms with Crippen LogP contribution in [0.3, 0.4) is 0 Å². The van der Waals surface area contributed by atoms with Crippen molar-refractivity contribution in [1.82, 2.24) is 0 Å². The van der Waals surface area contributed by atoms with Crippen LogP contribution in [0.5, 0.6) is 11.5 Å². The number of nitrogens with two attached hydrogens (primary N) is 1. The molecular formula is C13H16ClNO3. The molecule has 1 aromatic carbocycles. The molecule has 1 fully saturated rings. The smallest absolute Gasteiger partial charge is 0.172 e. The summed E-state index contributed by atoms with van der Waals surface area (Å²) in [4.78, 5) is 12.0. The van der Waals surface area contributed by atoms with Crippen molar-refractivity contribution in [1.29, 1.82) is 0 Å². The molecule has 0 radical (unpaired) electrons. The summed E-state index contributed by atoms with van der Waals surface area (Å²) >= 11 is 5.98. The summed E-state index contributed by atoms with van der Waals surface area (Å²) in [5, 5.41) is 0.454. The van der Waals surface area contributed by atoms with Crippen molar-refractivity contribution in [3.05, 3.63) is 22.7 Å². The molecule has 0 aliphatic heterocycles. The third-order valence-electron chi connectivity index (χ3n) is 2.72. The molecule has 1 saturated carbocycles. The molecule has 0 atom stereocenters. The molecule has 2 N–H and O–H groups in total. The van der Waals surface area contributed by atoms with E-state index in [1.807, 2.05) is 0 Å². The van der Waals surface area contributed by atoms with Gasteiger partial charge in [-0.1, -0.05) is 11.6 Å². The summed E-state index contributed by atoms with van der Waals surface area (Å²) in [6, 6.07) is 3.26. The van der Waals surface area contributed by atoms with Gasteiger partial charge in [0.25, 0.3) is 0 Å². The first-order chi connectivity index (χ1) is 8.65. The topological polar surface area (TPSA) is 61.5 Å². The molecule has 0 amide bonds. The van der Waals surface area contributed by atoms with Crippen LogP contribution in [0.2, 0.25) is 5.02 Å². The SMILES string of the molecule is COc1cc(Cl)cc(C(=O)CCN)c1OC1CC1. The molecule has 0 spiro atoms. The highest BCUT2D eigenvalue weighted by atomic mass is 35.5. The van der Waals surface area contributed by atoms with E-state index in [1.54, 1.807) is 12.1 Å². The summed E-state index contributed by atoms with van der Waals surface area (Å²) in [5.74, 6) is 0.909. The zero-order chi connectivity index (χ0) is 13.1. The van der Waals surface area contributed by atoms with Crippen LogP contribution in [0, 0.1) is 0 Å². The molecule has 1 aliphatic rings. The Bertz CT molecular complexity index is 458. The van der Waals surface area contributed by atoms with Crippen molar-refractivity contribution in [3.63, 3.8) is 0 Å². The van der Waals surface area contributed by atoms with E-state index in [4.69, 9.17) is 26.8 Å². The second-order valence-electron chi connectivity index (χ2n) is 4.26. The van der Waals surface area contributed by atoms with Crippen LogP contribution in [0.25, 0.3) is 0 Å². The minimum atomic E-state index is -0.0750. The predicted octanol–water partition coefficient (Wildman–Crippen LogP) is 2.42. The zero-order valence-electron chi connectivity index (χ0n) is 10.2. The van der Waals surface area contributed by atoms with E-state index in [1.165, 1.54) is 7.11 Å². The average molecular weight is 270 g/mol. The summed E-state index contributed by atoms with van der Waals surface area (Å²) < 4.78 is 11.0. The third-order valence-corrected chi connectivity index (χ3v) is 2.94. The molecule has 0 aromatic heterocycles. The Hall–Kier alpha value is -1.26. The molecule has 1 aromatic rings. The lowest BCUT2D eigenvalue weighted by atomic mass is 10.1. The van der Waals surface area contributed by atoms with Gasteiger partial charge in [-0.05, 0) is 25.5 Å². The molecule has 4 nitrogen and oxygen atoms in total. The van der Waals surface area contributed by atoms with Gasteiger partial charge in [0.1, 0.15) is 0 Å². The van der Waals surface area contributed by atoms with Gasteiger partial charge in [0.15, 0.2) is 17.3 Å². The zero-order valence-corrected chi connectivity index (χ0v) is 11.0. The highest BCUT2D eigenvalue weighted by Crippen LogP contribution is 2.39. The van der Waals surface area contributed by atoms with Gasteiger partial charge in [-0.3, -0.25) is 4.79 Å². The van der Waals surface area contributed by atoms with Gasteiger partial charge in [0.2, 0.25) is 0 Å². The maximum Gasteiger partial charge on any atom is 0.172 e. The normalized spacial score (nSPS) is 14.4. The Morgan fingerprint density at radius 3 is 2.78 bits per heavy atom. The van der Waals surface area contributed by atoms with E-state index in [9.17, 15) is 4.79 Å². The average Bonchev–Trinajstić information content (AvgIpc) is 3.15. The highest BCUT2D eigenvalue weighted by Gasteiger charge is 2.28. The van der Waals surface area contributed by atoms with Crippen LogP contribution in [0.15, 0.2) is 12.1 Å². The molecule has 5 heteroatoms. The van der Waals surface area contributed by atoms with Gasteiger partial charge >= 0.3 is 0 Å². The van der Waals surface area contributed by atoms with Gasteiger partial charge in [0, 0.05) is 17.5 Å². The van der Waals surface area contributed by atoms with Crippen molar-refractivity contribution in [3.8, 4) is 11.5 Å². The Balaban J connectivity index is 2.39. The molecule has 18 heavy (non-hydrogen) atoms. The number of hydrogen-bond acceptors (Lipinski definition) is 4. The van der Waals surface area contributed by atoms with Crippen molar-refractivity contribution in [2.24, 2.45) is 5.73 Å². The fraction of sp³-hybridized carbons (Fsp3) is 0.462. The van der Waals surface area contributed by atoms with Gasteiger partial charge in [0.05, 0.1) is 18.8 Å². The number of ether oxygens (including phenoxy) is 2. The Labute approximate surface area is 111 Å². The number of halogens is 1. The third kappa shape index (κ3) is 2.94. The lowest BCUT2D eigenvalue weighted by Gasteiger charge is -2.14. The second-order valence-corrected chi connectivity index (χ2v) is 4.70. The number of benzene rings is 1. The number of carbonyl (C=O) groups is 1. The summed E-state index contributed by atoms with van der Waals surface area (Å²) in [7, 11) is 1.53. The number of rotatable bonds is 6. The van der Waals surface area contributed by atoms with Crippen LogP contribution >= 0.6 is 11.6 Å². The number of Topliss-reactive ketones (excluding diaryl/α,β-unsaturated/α-hetero) is 1. The van der Waals surface area contributed by atoms with Crippen LogP contribution in [0.1, 0.15) is 29.6 Å². The first-order valence-electron chi connectivity index (χ1n) is 5.93. The first-order valence-corrected chi connectivity index (χ1v) is 6.31. The molecular weight excluding hydrogens is 254 g/mol. The van der Waals surface area contributed by atoms with Crippen LogP contribution in [-0.4, -0.2) is 25.5 Å². The van der Waals surface area contributed by atoms with Crippen LogP contribution < -0.4 is 15.2 Å². The van der Waals surface area contributed by atoms with Crippen molar-refractivity contribution in [2.45, 2.75) is 25.4 Å². The molecule has 0 bridgehead atoms. The van der Waals surface area contributed by atoms with Crippen LogP contribution in [0.4, 0.5) is 0 Å². The largest absolute Gasteiger partial charge is 0.493 e. The maximum absolute atomic E-state index is 12.0. The van der Waals surface area contributed by atoms with E-state index < -0.39 is 0 Å². The first kappa shape index (κ1) is 13.2. The number of hydrogen-bond donors (Lipinski definition) is 1. The Morgan fingerprint density at radius 2 is 2.22 bits per heavy atom. The fourth-order valence-electron chi connectivity index (χ4n) is 1.67. The van der Waals surface area contributed by atoms with Gasteiger partial charge in [-0.25, -0.2) is 0 Å². The quantitative estimate of drug-likeness (QED) is 0.806. The number of carbonyl (C=O) groups excluding carboxylic acids is 1. The van der Waals surface area contributed by atoms with Crippen molar-refractivity contribution in [2.75, 3.05) is 13.7 Å². The van der Waals surface area contributed by atoms with Gasteiger partial charge in [-0.15, -0.1) is 0 Å². The van der Waals surface area contributed by atoms with E-state index in [2.05, 4.69) is 0 Å². The lowest BCUT2D eigenvalue weighted by molar-refractivity contribution is 0.0980. The Kier molecular flexibility index (Phi) is 4.09. The minimum Gasteiger partial charge on any atom is -0.493 e. The van der Waals surface area contributed by atoms with E-state index in [-0.39, 0.29) is 18.3 Å². The summed E-state index contributed by atoms with van der Waals surface area (Å²) in [6.07, 6.45) is 2.47. The maximum atomic E-state index is 12.0. The number of ketones is 1. The van der Waals surface area contributed by atoms with E-state index in [0.29, 0.717) is 28.6 Å². The second kappa shape index (κ2) is 5.59. The van der Waals surface area contributed by atoms with Gasteiger partial charge in [-0.2, -0.15) is 0 Å². The number of methoxy groups -OCH3 is 1. The molecule has 0 unspecified atom stereocenters. The predicted molar refractivity (Wildman–Crippen MR) is 69.7 cm³/mol. The lowest BCUT2D eigenvalue weighted by Crippen LogP contribution is -2.11. The molecule has 2 rings (SSSR count). The molecule has 1 aliphatic carbocycles. The molecule has 0 saturated heterocycles. The van der Waals surface area contributed by atoms with Crippen molar-refractivity contribution >= 4 is 17.4 Å². The highest BCUT2D eigenvalue weighted by molar-refractivity contribution is 6.31. The molecule has 0 heterocycles. The van der Waals surface area contributed by atoms with Gasteiger partial charge < -0.3 is 15.2 Å². The Morgan fingerprint density at radius 1 is 1.50 bits per heavy atom. The van der Waals surface area contributed by atoms with Crippen molar-refractivity contribution < 1.29 is 14.3 Å². The van der Waals surface area contributed by atoms with E-state index >= 15 is 0 Å². The van der Waals surface area contributed by atoms with Crippen LogP contribution in [-0.2, 0) is 0 Å². The monoisotopic (exact) mass is 269 g/mol.